The molecule has 0 spiro atoms. The number of benzene rings is 2. The van der Waals surface area contributed by atoms with Crippen molar-refractivity contribution in [3.8, 4) is 11.5 Å². The van der Waals surface area contributed by atoms with Crippen LogP contribution in [0.5, 0.6) is 11.5 Å². The molecule has 36 heavy (non-hydrogen) atoms. The van der Waals surface area contributed by atoms with Crippen molar-refractivity contribution >= 4 is 28.6 Å². The van der Waals surface area contributed by atoms with Gasteiger partial charge in [0.15, 0.2) is 16.3 Å². The summed E-state index contributed by atoms with van der Waals surface area (Å²) in [4.78, 5) is 31.6. The monoisotopic (exact) mass is 506 g/mol. The second-order valence-electron chi connectivity index (χ2n) is 8.52. The quantitative estimate of drug-likeness (QED) is 0.427. The standard InChI is InChI=1S/C28H30N2O5S/c1-6-33-22-15-20(13-14-21(22)35-16-19-11-9-8-10-12-19)24-23(27(32)34-7-2)18(5)30-26(31)25(17(3)4)36-28(30)29-24/h8-15,24H,6-7,16H2,1-5H3/t24-/m1/s1. The molecule has 3 aromatic rings. The van der Waals surface area contributed by atoms with Gasteiger partial charge in [0.1, 0.15) is 12.6 Å². The molecule has 8 heteroatoms. The summed E-state index contributed by atoms with van der Waals surface area (Å²) >= 11 is 1.33. The van der Waals surface area contributed by atoms with Gasteiger partial charge < -0.3 is 14.2 Å². The highest BCUT2D eigenvalue weighted by Crippen LogP contribution is 2.37. The van der Waals surface area contributed by atoms with Crippen LogP contribution >= 0.6 is 11.3 Å². The minimum absolute atomic E-state index is 0.170. The highest BCUT2D eigenvalue weighted by atomic mass is 32.1. The Hall–Kier alpha value is -3.65. The lowest BCUT2D eigenvalue weighted by molar-refractivity contribution is -0.138. The zero-order valence-electron chi connectivity index (χ0n) is 21.2. The molecule has 0 fully saturated rings. The molecule has 0 bridgehead atoms. The van der Waals surface area contributed by atoms with Gasteiger partial charge in [0.05, 0.1) is 23.3 Å². The topological polar surface area (TPSA) is 79.1 Å². The molecule has 188 valence electrons. The van der Waals surface area contributed by atoms with Gasteiger partial charge in [0, 0.05) is 5.70 Å². The van der Waals surface area contributed by atoms with E-state index in [1.54, 1.807) is 13.8 Å². The molecule has 0 saturated carbocycles. The van der Waals surface area contributed by atoms with Gasteiger partial charge in [-0.3, -0.25) is 9.36 Å². The van der Waals surface area contributed by atoms with Crippen LogP contribution in [-0.2, 0) is 16.1 Å². The lowest BCUT2D eigenvalue weighted by Crippen LogP contribution is -2.35. The highest BCUT2D eigenvalue weighted by Gasteiger charge is 2.32. The number of thiazole rings is 1. The molecule has 2 aromatic carbocycles. The molecular weight excluding hydrogens is 476 g/mol. The van der Waals surface area contributed by atoms with E-state index in [2.05, 4.69) is 0 Å². The second-order valence-corrected chi connectivity index (χ2v) is 9.50. The van der Waals surface area contributed by atoms with E-state index in [1.807, 2.05) is 69.3 Å². The van der Waals surface area contributed by atoms with Crippen LogP contribution < -0.4 is 24.4 Å². The number of rotatable bonds is 8. The molecule has 1 atom stereocenters. The summed E-state index contributed by atoms with van der Waals surface area (Å²) in [6.45, 7) is 10.3. The molecule has 7 nitrogen and oxygen atoms in total. The number of ether oxygens (including phenoxy) is 3. The number of carbonyl (C=O) groups is 1. The highest BCUT2D eigenvalue weighted by molar-refractivity contribution is 7.07. The molecule has 2 heterocycles. The Labute approximate surface area is 214 Å². The average molecular weight is 507 g/mol. The van der Waals surface area contributed by atoms with E-state index >= 15 is 0 Å². The minimum Gasteiger partial charge on any atom is -0.490 e. The normalized spacial score (nSPS) is 14.6. The zero-order chi connectivity index (χ0) is 25.8. The molecule has 0 aliphatic carbocycles. The Bertz CT molecular complexity index is 1480. The summed E-state index contributed by atoms with van der Waals surface area (Å²) in [6.07, 6.45) is 0. The molecule has 0 unspecified atom stereocenters. The molecule has 1 aliphatic rings. The summed E-state index contributed by atoms with van der Waals surface area (Å²) < 4.78 is 19.4. The fourth-order valence-electron chi connectivity index (χ4n) is 4.09. The van der Waals surface area contributed by atoms with Gasteiger partial charge in [-0.2, -0.15) is 0 Å². The first-order valence-electron chi connectivity index (χ1n) is 11.9. The fraction of sp³-hybridized carbons (Fsp3) is 0.321. The summed E-state index contributed by atoms with van der Waals surface area (Å²) in [5.41, 5.74) is 3.39. The molecule has 0 N–H and O–H groups in total. The SMILES string of the molecule is CCOC(=O)C1=C(C)n2c(sc(=C(C)C)c2=O)=N[C@@H]1c1ccc(OCc2ccccc2)c(OCC)c1. The first-order chi connectivity index (χ1) is 17.3. The van der Waals surface area contributed by atoms with E-state index in [4.69, 9.17) is 19.2 Å². The van der Waals surface area contributed by atoms with Crippen LogP contribution in [0.25, 0.3) is 11.3 Å². The summed E-state index contributed by atoms with van der Waals surface area (Å²) in [6, 6.07) is 14.8. The second kappa shape index (κ2) is 11.0. The lowest BCUT2D eigenvalue weighted by Gasteiger charge is -2.23. The van der Waals surface area contributed by atoms with E-state index in [9.17, 15) is 9.59 Å². The Kier molecular flexibility index (Phi) is 7.74. The van der Waals surface area contributed by atoms with Gasteiger partial charge in [-0.15, -0.1) is 0 Å². The Balaban J connectivity index is 1.81. The number of allylic oxidation sites excluding steroid dienone is 1. The van der Waals surface area contributed by atoms with E-state index < -0.39 is 12.0 Å². The number of nitrogens with zero attached hydrogens (tertiary/aromatic N) is 2. The van der Waals surface area contributed by atoms with Crippen molar-refractivity contribution in [1.82, 2.24) is 4.57 Å². The number of hydrogen-bond acceptors (Lipinski definition) is 7. The van der Waals surface area contributed by atoms with Crippen molar-refractivity contribution in [2.75, 3.05) is 13.2 Å². The minimum atomic E-state index is -0.644. The summed E-state index contributed by atoms with van der Waals surface area (Å²) in [5, 5.41) is 0. The third kappa shape index (κ3) is 4.99. The maximum Gasteiger partial charge on any atom is 0.338 e. The molecule has 0 saturated heterocycles. The van der Waals surface area contributed by atoms with E-state index in [0.717, 1.165) is 16.7 Å². The third-order valence-corrected chi connectivity index (χ3v) is 7.05. The Morgan fingerprint density at radius 3 is 2.44 bits per heavy atom. The van der Waals surface area contributed by atoms with Crippen molar-refractivity contribution in [1.29, 1.82) is 0 Å². The van der Waals surface area contributed by atoms with Crippen molar-refractivity contribution < 1.29 is 19.0 Å². The maximum absolute atomic E-state index is 13.1. The average Bonchev–Trinajstić information content (AvgIpc) is 3.21. The predicted molar refractivity (Wildman–Crippen MR) is 141 cm³/mol. The van der Waals surface area contributed by atoms with Gasteiger partial charge in [-0.05, 0) is 57.9 Å². The van der Waals surface area contributed by atoms with Crippen LogP contribution in [0.4, 0.5) is 0 Å². The van der Waals surface area contributed by atoms with Crippen LogP contribution in [0.3, 0.4) is 0 Å². The van der Waals surface area contributed by atoms with E-state index in [0.29, 0.717) is 45.3 Å². The molecule has 4 rings (SSSR count). The Morgan fingerprint density at radius 2 is 1.78 bits per heavy atom. The molecule has 0 radical (unpaired) electrons. The molecular formula is C28H30N2O5S. The fourth-order valence-corrected chi connectivity index (χ4v) is 5.12. The number of aromatic nitrogens is 1. The smallest absolute Gasteiger partial charge is 0.338 e. The molecule has 0 amide bonds. The van der Waals surface area contributed by atoms with Crippen molar-refractivity contribution in [2.45, 2.75) is 47.3 Å². The van der Waals surface area contributed by atoms with Gasteiger partial charge in [0.2, 0.25) is 0 Å². The van der Waals surface area contributed by atoms with Gasteiger partial charge in [-0.1, -0.05) is 53.3 Å². The number of fused-ring (bicyclic) bond motifs is 1. The van der Waals surface area contributed by atoms with Crippen molar-refractivity contribution in [3.63, 3.8) is 0 Å². The zero-order valence-corrected chi connectivity index (χ0v) is 22.0. The lowest BCUT2D eigenvalue weighted by atomic mass is 9.96. The molecule has 1 aromatic heterocycles. The maximum atomic E-state index is 13.1. The van der Waals surface area contributed by atoms with Crippen LogP contribution in [-0.4, -0.2) is 23.8 Å². The summed E-state index contributed by atoms with van der Waals surface area (Å²) in [5.74, 6) is 0.674. The molecule has 1 aliphatic heterocycles. The van der Waals surface area contributed by atoms with Crippen LogP contribution in [0, 0.1) is 0 Å². The predicted octanol–water partition coefficient (Wildman–Crippen LogP) is 4.25. The first-order valence-corrected chi connectivity index (χ1v) is 12.8. The third-order valence-electron chi connectivity index (χ3n) is 5.79. The first kappa shape index (κ1) is 25.4. The van der Waals surface area contributed by atoms with Gasteiger partial charge >= 0.3 is 5.97 Å². The van der Waals surface area contributed by atoms with E-state index in [-0.39, 0.29) is 12.2 Å². The van der Waals surface area contributed by atoms with Crippen LogP contribution in [0.2, 0.25) is 0 Å². The summed E-state index contributed by atoms with van der Waals surface area (Å²) in [7, 11) is 0. The van der Waals surface area contributed by atoms with Crippen molar-refractivity contribution in [3.05, 3.63) is 84.9 Å². The Morgan fingerprint density at radius 1 is 1.03 bits per heavy atom. The largest absolute Gasteiger partial charge is 0.490 e. The van der Waals surface area contributed by atoms with Crippen LogP contribution in [0.1, 0.15) is 51.8 Å². The van der Waals surface area contributed by atoms with Gasteiger partial charge in [0.25, 0.3) is 5.56 Å². The van der Waals surface area contributed by atoms with Gasteiger partial charge in [-0.25, -0.2) is 9.79 Å². The van der Waals surface area contributed by atoms with Crippen LogP contribution in [0.15, 0.2) is 63.9 Å². The number of hydrogen-bond donors (Lipinski definition) is 0. The van der Waals surface area contributed by atoms with Crippen molar-refractivity contribution in [2.24, 2.45) is 4.99 Å². The number of esters is 1. The number of carbonyl (C=O) groups excluding carboxylic acids is 1. The van der Waals surface area contributed by atoms with E-state index in [1.165, 1.54) is 15.9 Å².